The van der Waals surface area contributed by atoms with Crippen LogP contribution in [0.1, 0.15) is 11.5 Å². The zero-order valence-corrected chi connectivity index (χ0v) is 15.0. The van der Waals surface area contributed by atoms with Gasteiger partial charge < -0.3 is 9.84 Å². The van der Waals surface area contributed by atoms with Crippen molar-refractivity contribution < 1.29 is 32.1 Å². The Kier molecular flexibility index (Phi) is 7.06. The van der Waals surface area contributed by atoms with Crippen molar-refractivity contribution in [2.75, 3.05) is 27.2 Å². The predicted octanol–water partition coefficient (Wildman–Crippen LogP) is 0.981. The molecule has 152 valence electrons. The Bertz CT molecular complexity index is 807. The average Bonchev–Trinajstić information content (AvgIpc) is 3.17. The number of rotatable bonds is 8. The third-order valence-corrected chi connectivity index (χ3v) is 3.55. The number of nitrogens with zero attached hydrogens (tertiary/aromatic N) is 3. The van der Waals surface area contributed by atoms with E-state index in [1.807, 2.05) is 0 Å². The Morgan fingerprint density at radius 2 is 1.89 bits per heavy atom. The fourth-order valence-electron chi connectivity index (χ4n) is 2.09. The third-order valence-electron chi connectivity index (χ3n) is 3.55. The molecule has 1 heterocycles. The first kappa shape index (κ1) is 21.3. The number of likely N-dealkylation sites (N-methyl/N-ethyl adjacent to an activating group) is 1. The number of hydrogen-bond donors (Lipinski definition) is 2. The highest BCUT2D eigenvalue weighted by Gasteiger charge is 2.38. The minimum atomic E-state index is -4.71. The summed E-state index contributed by atoms with van der Waals surface area (Å²) in [5, 5.41) is 9.48. The lowest BCUT2D eigenvalue weighted by molar-refractivity contribution is -0.178. The second-order valence-corrected chi connectivity index (χ2v) is 5.51. The second-order valence-electron chi connectivity index (χ2n) is 5.51. The SMILES string of the molecule is CNC(=O)CNCC(=O)N(Cc1ccc(-c2noc(C(F)(F)F)n2)cc1)OC. The van der Waals surface area contributed by atoms with Crippen LogP contribution in [0.25, 0.3) is 11.4 Å². The van der Waals surface area contributed by atoms with Gasteiger partial charge in [0, 0.05) is 12.6 Å². The molecule has 9 nitrogen and oxygen atoms in total. The molecule has 1 aromatic carbocycles. The molecule has 2 N–H and O–H groups in total. The van der Waals surface area contributed by atoms with Crippen LogP contribution in [0.15, 0.2) is 28.8 Å². The number of nitrogens with one attached hydrogen (secondary N) is 2. The van der Waals surface area contributed by atoms with Crippen LogP contribution in [0.3, 0.4) is 0 Å². The lowest BCUT2D eigenvalue weighted by Crippen LogP contribution is -2.40. The van der Waals surface area contributed by atoms with E-state index in [1.54, 1.807) is 12.1 Å². The number of alkyl halides is 3. The van der Waals surface area contributed by atoms with E-state index in [4.69, 9.17) is 4.84 Å². The summed E-state index contributed by atoms with van der Waals surface area (Å²) < 4.78 is 41.7. The molecule has 0 aliphatic heterocycles. The fourth-order valence-corrected chi connectivity index (χ4v) is 2.09. The van der Waals surface area contributed by atoms with Crippen LogP contribution in [0, 0.1) is 0 Å². The molecule has 2 amide bonds. The molecule has 28 heavy (non-hydrogen) atoms. The number of halogens is 3. The van der Waals surface area contributed by atoms with Gasteiger partial charge >= 0.3 is 12.1 Å². The van der Waals surface area contributed by atoms with Crippen LogP contribution < -0.4 is 10.6 Å². The van der Waals surface area contributed by atoms with Crippen molar-refractivity contribution in [3.63, 3.8) is 0 Å². The van der Waals surface area contributed by atoms with Crippen molar-refractivity contribution in [1.29, 1.82) is 0 Å². The summed E-state index contributed by atoms with van der Waals surface area (Å²) in [7, 11) is 2.80. The third kappa shape index (κ3) is 5.76. The van der Waals surface area contributed by atoms with Gasteiger partial charge in [-0.3, -0.25) is 19.7 Å². The van der Waals surface area contributed by atoms with Gasteiger partial charge in [-0.25, -0.2) is 5.06 Å². The van der Waals surface area contributed by atoms with Crippen LogP contribution in [0.2, 0.25) is 0 Å². The first-order valence-electron chi connectivity index (χ1n) is 8.00. The van der Waals surface area contributed by atoms with E-state index < -0.39 is 18.0 Å². The number of benzene rings is 1. The maximum absolute atomic E-state index is 12.5. The zero-order valence-electron chi connectivity index (χ0n) is 15.0. The highest BCUT2D eigenvalue weighted by molar-refractivity contribution is 5.80. The van der Waals surface area contributed by atoms with Gasteiger partial charge in [0.1, 0.15) is 0 Å². The van der Waals surface area contributed by atoms with Crippen LogP contribution in [0.5, 0.6) is 0 Å². The molecule has 0 spiro atoms. The van der Waals surface area contributed by atoms with Crippen molar-refractivity contribution in [1.82, 2.24) is 25.8 Å². The Hall–Kier alpha value is -2.99. The van der Waals surface area contributed by atoms with E-state index in [1.165, 1.54) is 26.3 Å². The van der Waals surface area contributed by atoms with E-state index in [-0.39, 0.29) is 31.4 Å². The molecule has 0 bridgehead atoms. The van der Waals surface area contributed by atoms with Gasteiger partial charge in [0.05, 0.1) is 26.7 Å². The molecule has 12 heteroatoms. The van der Waals surface area contributed by atoms with Crippen LogP contribution >= 0.6 is 0 Å². The highest BCUT2D eigenvalue weighted by Crippen LogP contribution is 2.29. The normalized spacial score (nSPS) is 11.3. The molecule has 0 aliphatic rings. The number of hydroxylamine groups is 2. The summed E-state index contributed by atoms with van der Waals surface area (Å²) >= 11 is 0. The maximum Gasteiger partial charge on any atom is 0.471 e. The highest BCUT2D eigenvalue weighted by atomic mass is 19.4. The van der Waals surface area contributed by atoms with Crippen LogP contribution in [-0.4, -0.2) is 54.3 Å². The smallest absolute Gasteiger partial charge is 0.358 e. The molecule has 2 aromatic rings. The topological polar surface area (TPSA) is 110 Å². The standard InChI is InChI=1S/C16H18F3N5O4/c1-20-12(25)7-21-8-13(26)24(27-2)9-10-3-5-11(6-4-10)14-22-15(28-23-14)16(17,18)19/h3-6,21H,7-9H2,1-2H3,(H,20,25). The summed E-state index contributed by atoms with van der Waals surface area (Å²) in [5.41, 5.74) is 0.982. The van der Waals surface area contributed by atoms with E-state index in [0.717, 1.165) is 5.06 Å². The molecule has 1 aromatic heterocycles. The lowest BCUT2D eigenvalue weighted by Gasteiger charge is -2.20. The van der Waals surface area contributed by atoms with Gasteiger partial charge in [-0.05, 0) is 5.56 Å². The first-order valence-corrected chi connectivity index (χ1v) is 8.00. The Morgan fingerprint density at radius 3 is 2.43 bits per heavy atom. The quantitative estimate of drug-likeness (QED) is 0.635. The Balaban J connectivity index is 1.97. The molecule has 2 rings (SSSR count). The van der Waals surface area contributed by atoms with Crippen molar-refractivity contribution in [3.05, 3.63) is 35.7 Å². The largest absolute Gasteiger partial charge is 0.471 e. The molecular weight excluding hydrogens is 383 g/mol. The zero-order chi connectivity index (χ0) is 20.7. The molecule has 0 saturated carbocycles. The summed E-state index contributed by atoms with van der Waals surface area (Å²) in [5.74, 6) is -2.28. The Morgan fingerprint density at radius 1 is 1.21 bits per heavy atom. The van der Waals surface area contributed by atoms with Crippen molar-refractivity contribution in [2.24, 2.45) is 0 Å². The van der Waals surface area contributed by atoms with Gasteiger partial charge in [0.2, 0.25) is 11.7 Å². The van der Waals surface area contributed by atoms with Gasteiger partial charge in [-0.15, -0.1) is 0 Å². The molecule has 0 unspecified atom stereocenters. The van der Waals surface area contributed by atoms with Gasteiger partial charge in [0.15, 0.2) is 0 Å². The van der Waals surface area contributed by atoms with E-state index in [2.05, 4.69) is 25.3 Å². The first-order chi connectivity index (χ1) is 13.2. The van der Waals surface area contributed by atoms with Gasteiger partial charge in [-0.2, -0.15) is 18.2 Å². The summed E-state index contributed by atoms with van der Waals surface area (Å²) in [6.07, 6.45) is -4.71. The predicted molar refractivity (Wildman–Crippen MR) is 89.2 cm³/mol. The number of carbonyl (C=O) groups excluding carboxylic acids is 2. The number of amides is 2. The van der Waals surface area contributed by atoms with Crippen molar-refractivity contribution in [2.45, 2.75) is 12.7 Å². The van der Waals surface area contributed by atoms with Gasteiger partial charge in [-0.1, -0.05) is 29.4 Å². The minimum absolute atomic E-state index is 0.0148. The number of aromatic nitrogens is 2. The average molecular weight is 401 g/mol. The molecule has 0 atom stereocenters. The maximum atomic E-state index is 12.5. The van der Waals surface area contributed by atoms with Gasteiger partial charge in [0.25, 0.3) is 5.91 Å². The number of hydrogen-bond acceptors (Lipinski definition) is 7. The van der Waals surface area contributed by atoms with E-state index in [9.17, 15) is 22.8 Å². The van der Waals surface area contributed by atoms with Crippen molar-refractivity contribution in [3.8, 4) is 11.4 Å². The molecular formula is C16H18F3N5O4. The lowest BCUT2D eigenvalue weighted by atomic mass is 10.1. The molecule has 0 aliphatic carbocycles. The van der Waals surface area contributed by atoms with Crippen molar-refractivity contribution >= 4 is 11.8 Å². The minimum Gasteiger partial charge on any atom is -0.358 e. The summed E-state index contributed by atoms with van der Waals surface area (Å²) in [6, 6.07) is 6.19. The summed E-state index contributed by atoms with van der Waals surface area (Å²) in [4.78, 5) is 31.6. The second kappa shape index (κ2) is 9.28. The van der Waals surface area contributed by atoms with E-state index in [0.29, 0.717) is 11.1 Å². The van der Waals surface area contributed by atoms with E-state index >= 15 is 0 Å². The summed E-state index contributed by atoms with van der Waals surface area (Å²) in [6.45, 7) is -0.0289. The molecule has 0 radical (unpaired) electrons. The molecule has 0 saturated heterocycles. The monoisotopic (exact) mass is 401 g/mol. The number of carbonyl (C=O) groups is 2. The fraction of sp³-hybridized carbons (Fsp3) is 0.375. The molecule has 0 fully saturated rings. The van der Waals surface area contributed by atoms with Crippen LogP contribution in [0.4, 0.5) is 13.2 Å². The Labute approximate surface area is 157 Å². The van der Waals surface area contributed by atoms with Crippen LogP contribution in [-0.2, 0) is 27.1 Å².